The first kappa shape index (κ1) is 15.5. The van der Waals surface area contributed by atoms with E-state index in [1.54, 1.807) is 13.8 Å². The lowest BCUT2D eigenvalue weighted by Gasteiger charge is -2.32. The minimum atomic E-state index is -0.709. The smallest absolute Gasteiger partial charge is 0.309 e. The number of hydrogen-bond donors (Lipinski definition) is 2. The van der Waals surface area contributed by atoms with Crippen LogP contribution in [-0.2, 0) is 4.79 Å². The van der Waals surface area contributed by atoms with Gasteiger partial charge in [0.2, 0.25) is 0 Å². The zero-order chi connectivity index (χ0) is 13.8. The van der Waals surface area contributed by atoms with Gasteiger partial charge in [0.25, 0.3) is 0 Å². The van der Waals surface area contributed by atoms with Crippen LogP contribution in [0.25, 0.3) is 0 Å². The highest BCUT2D eigenvalue weighted by atomic mass is 16.4. The van der Waals surface area contributed by atoms with E-state index in [0.717, 1.165) is 19.0 Å². The third-order valence-corrected chi connectivity index (χ3v) is 4.55. The second-order valence-corrected chi connectivity index (χ2v) is 7.09. The summed E-state index contributed by atoms with van der Waals surface area (Å²) in [4.78, 5) is 11.0. The highest BCUT2D eigenvalue weighted by Crippen LogP contribution is 2.39. The van der Waals surface area contributed by atoms with Gasteiger partial charge >= 0.3 is 5.97 Å². The number of rotatable bonds is 7. The lowest BCUT2D eigenvalue weighted by Crippen LogP contribution is -2.37. The molecular weight excluding hydrogens is 226 g/mol. The Morgan fingerprint density at radius 3 is 2.28 bits per heavy atom. The lowest BCUT2D eigenvalue weighted by atomic mass is 9.77. The average Bonchev–Trinajstić information content (AvgIpc) is 2.78. The normalized spacial score (nSPS) is 18.2. The Morgan fingerprint density at radius 2 is 1.78 bits per heavy atom. The fourth-order valence-electron chi connectivity index (χ4n) is 2.77. The van der Waals surface area contributed by atoms with Gasteiger partial charge in [-0.05, 0) is 51.0 Å². The minimum Gasteiger partial charge on any atom is -0.481 e. The predicted octanol–water partition coefficient (Wildman–Crippen LogP) is 3.29. The lowest BCUT2D eigenvalue weighted by molar-refractivity contribution is -0.147. The topological polar surface area (TPSA) is 49.3 Å². The molecule has 1 aliphatic rings. The zero-order valence-corrected chi connectivity index (χ0v) is 12.4. The van der Waals surface area contributed by atoms with E-state index in [9.17, 15) is 4.79 Å². The molecule has 1 rings (SSSR count). The zero-order valence-electron chi connectivity index (χ0n) is 12.4. The summed E-state index contributed by atoms with van der Waals surface area (Å²) in [5, 5.41) is 12.5. The van der Waals surface area contributed by atoms with Crippen LogP contribution in [0.1, 0.15) is 59.8 Å². The van der Waals surface area contributed by atoms with Crippen molar-refractivity contribution in [3.63, 3.8) is 0 Å². The number of nitrogens with one attached hydrogen (secondary N) is 1. The van der Waals surface area contributed by atoms with Crippen LogP contribution in [-0.4, -0.2) is 24.2 Å². The SMILES string of the molecule is CC(C)(CCNCC(C)(C)C1CCCC1)C(=O)O. The highest BCUT2D eigenvalue weighted by molar-refractivity contribution is 5.73. The van der Waals surface area contributed by atoms with Crippen LogP contribution < -0.4 is 5.32 Å². The molecule has 0 aromatic carbocycles. The summed E-state index contributed by atoms with van der Waals surface area (Å²) in [6.07, 6.45) is 6.15. The number of carbonyl (C=O) groups is 1. The first-order valence-electron chi connectivity index (χ1n) is 7.20. The van der Waals surface area contributed by atoms with E-state index >= 15 is 0 Å². The molecule has 0 radical (unpaired) electrons. The van der Waals surface area contributed by atoms with Crippen molar-refractivity contribution in [1.82, 2.24) is 5.32 Å². The maximum absolute atomic E-state index is 11.0. The van der Waals surface area contributed by atoms with E-state index in [1.165, 1.54) is 25.7 Å². The van der Waals surface area contributed by atoms with E-state index in [1.807, 2.05) is 0 Å². The third kappa shape index (κ3) is 4.27. The van der Waals surface area contributed by atoms with Crippen LogP contribution in [0, 0.1) is 16.7 Å². The molecule has 3 nitrogen and oxygen atoms in total. The van der Waals surface area contributed by atoms with E-state index in [0.29, 0.717) is 11.8 Å². The first-order chi connectivity index (χ1) is 8.26. The molecule has 0 aromatic heterocycles. The van der Waals surface area contributed by atoms with Crippen LogP contribution in [0.5, 0.6) is 0 Å². The molecule has 1 fully saturated rings. The molecule has 1 saturated carbocycles. The molecule has 2 N–H and O–H groups in total. The minimum absolute atomic E-state index is 0.337. The van der Waals surface area contributed by atoms with Crippen molar-refractivity contribution in [3.05, 3.63) is 0 Å². The second kappa shape index (κ2) is 6.05. The Balaban J connectivity index is 2.26. The molecule has 0 aromatic rings. The Labute approximate surface area is 111 Å². The Kier molecular flexibility index (Phi) is 5.20. The maximum atomic E-state index is 11.0. The molecule has 1 aliphatic carbocycles. The Hall–Kier alpha value is -0.570. The molecule has 0 atom stereocenters. The summed E-state index contributed by atoms with van der Waals surface area (Å²) in [5.41, 5.74) is -0.283. The molecule has 106 valence electrons. The van der Waals surface area contributed by atoms with Crippen molar-refractivity contribution in [1.29, 1.82) is 0 Å². The number of aliphatic carboxylic acids is 1. The van der Waals surface area contributed by atoms with Gasteiger partial charge in [-0.2, -0.15) is 0 Å². The van der Waals surface area contributed by atoms with E-state index in [4.69, 9.17) is 5.11 Å². The summed E-state index contributed by atoms with van der Waals surface area (Å²) >= 11 is 0. The summed E-state index contributed by atoms with van der Waals surface area (Å²) in [6.45, 7) is 10.0. The van der Waals surface area contributed by atoms with E-state index in [2.05, 4.69) is 19.2 Å². The van der Waals surface area contributed by atoms with Gasteiger partial charge in [0.1, 0.15) is 0 Å². The van der Waals surface area contributed by atoms with Crippen molar-refractivity contribution < 1.29 is 9.90 Å². The molecule has 0 bridgehead atoms. The van der Waals surface area contributed by atoms with Crippen LogP contribution in [0.15, 0.2) is 0 Å². The molecule has 0 amide bonds. The van der Waals surface area contributed by atoms with Gasteiger partial charge in [0, 0.05) is 6.54 Å². The standard InChI is InChI=1S/C15H29NO2/c1-14(2,13(17)18)9-10-16-11-15(3,4)12-7-5-6-8-12/h12,16H,5-11H2,1-4H3,(H,17,18). The van der Waals surface area contributed by atoms with E-state index in [-0.39, 0.29) is 0 Å². The molecule has 0 spiro atoms. The summed E-state index contributed by atoms with van der Waals surface area (Å²) in [6, 6.07) is 0. The summed E-state index contributed by atoms with van der Waals surface area (Å²) < 4.78 is 0. The van der Waals surface area contributed by atoms with Gasteiger partial charge < -0.3 is 10.4 Å². The molecular formula is C15H29NO2. The van der Waals surface area contributed by atoms with Gasteiger partial charge in [-0.1, -0.05) is 26.7 Å². The molecule has 18 heavy (non-hydrogen) atoms. The van der Waals surface area contributed by atoms with Crippen LogP contribution in [0.4, 0.5) is 0 Å². The Morgan fingerprint density at radius 1 is 1.22 bits per heavy atom. The van der Waals surface area contributed by atoms with Crippen LogP contribution in [0.2, 0.25) is 0 Å². The van der Waals surface area contributed by atoms with Crippen LogP contribution in [0.3, 0.4) is 0 Å². The molecule has 0 heterocycles. The van der Waals surface area contributed by atoms with Gasteiger partial charge in [0.05, 0.1) is 5.41 Å². The van der Waals surface area contributed by atoms with Crippen LogP contribution >= 0.6 is 0 Å². The molecule has 0 aliphatic heterocycles. The fraction of sp³-hybridized carbons (Fsp3) is 0.933. The maximum Gasteiger partial charge on any atom is 0.309 e. The van der Waals surface area contributed by atoms with Gasteiger partial charge in [-0.15, -0.1) is 0 Å². The first-order valence-corrected chi connectivity index (χ1v) is 7.20. The van der Waals surface area contributed by atoms with Crippen molar-refractivity contribution >= 4 is 5.97 Å². The summed E-state index contributed by atoms with van der Waals surface area (Å²) in [5.74, 6) is 0.122. The molecule has 0 saturated heterocycles. The number of carboxylic acid groups (broad SMARTS) is 1. The Bertz CT molecular complexity index is 278. The van der Waals surface area contributed by atoms with Crippen molar-refractivity contribution in [2.24, 2.45) is 16.7 Å². The van der Waals surface area contributed by atoms with Crippen molar-refractivity contribution in [2.45, 2.75) is 59.8 Å². The summed E-state index contributed by atoms with van der Waals surface area (Å²) in [7, 11) is 0. The van der Waals surface area contributed by atoms with E-state index < -0.39 is 11.4 Å². The van der Waals surface area contributed by atoms with Gasteiger partial charge in [0.15, 0.2) is 0 Å². The molecule has 3 heteroatoms. The monoisotopic (exact) mass is 255 g/mol. The largest absolute Gasteiger partial charge is 0.481 e. The average molecular weight is 255 g/mol. The quantitative estimate of drug-likeness (QED) is 0.686. The second-order valence-electron chi connectivity index (χ2n) is 7.09. The van der Waals surface area contributed by atoms with Crippen molar-refractivity contribution in [3.8, 4) is 0 Å². The third-order valence-electron chi connectivity index (χ3n) is 4.55. The predicted molar refractivity (Wildman–Crippen MR) is 74.6 cm³/mol. The van der Waals surface area contributed by atoms with Crippen molar-refractivity contribution in [2.75, 3.05) is 13.1 Å². The number of hydrogen-bond acceptors (Lipinski definition) is 2. The molecule has 0 unspecified atom stereocenters. The van der Waals surface area contributed by atoms with Gasteiger partial charge in [-0.25, -0.2) is 0 Å². The number of carboxylic acids is 1. The highest BCUT2D eigenvalue weighted by Gasteiger charge is 2.32. The van der Waals surface area contributed by atoms with Gasteiger partial charge in [-0.3, -0.25) is 4.79 Å². The fourth-order valence-corrected chi connectivity index (χ4v) is 2.77.